The Labute approximate surface area is 89.1 Å². The summed E-state index contributed by atoms with van der Waals surface area (Å²) in [5.41, 5.74) is 2.63. The number of benzene rings is 1. The number of nitrogens with zero attached hydrogens (tertiary/aromatic N) is 1. The second kappa shape index (κ2) is 3.06. The van der Waals surface area contributed by atoms with Gasteiger partial charge in [-0.15, -0.1) is 4.40 Å². The highest BCUT2D eigenvalue weighted by atomic mass is 32.2. The van der Waals surface area contributed by atoms with E-state index in [1.165, 1.54) is 0 Å². The van der Waals surface area contributed by atoms with Crippen LogP contribution in [-0.2, 0) is 10.0 Å². The van der Waals surface area contributed by atoms with Crippen LogP contribution >= 0.6 is 0 Å². The summed E-state index contributed by atoms with van der Waals surface area (Å²) in [4.78, 5) is 0.260. The van der Waals surface area contributed by atoms with E-state index in [4.69, 9.17) is 0 Å². The van der Waals surface area contributed by atoms with Crippen LogP contribution in [0.25, 0.3) is 0 Å². The van der Waals surface area contributed by atoms with Crippen LogP contribution < -0.4 is 5.32 Å². The zero-order valence-corrected chi connectivity index (χ0v) is 9.64. The number of amidine groups is 1. The molecule has 0 unspecified atom stereocenters. The first kappa shape index (κ1) is 10.2. The van der Waals surface area contributed by atoms with Gasteiger partial charge in [-0.05, 0) is 44.0 Å². The van der Waals surface area contributed by atoms with Gasteiger partial charge in [0.1, 0.15) is 10.7 Å². The van der Waals surface area contributed by atoms with E-state index in [0.717, 1.165) is 11.1 Å². The fourth-order valence-electron chi connectivity index (χ4n) is 1.55. The molecule has 1 aromatic rings. The van der Waals surface area contributed by atoms with E-state index in [-0.39, 0.29) is 4.90 Å². The second-order valence-electron chi connectivity index (χ2n) is 3.71. The van der Waals surface area contributed by atoms with E-state index < -0.39 is 10.0 Å². The first-order valence-corrected chi connectivity index (χ1v) is 6.04. The average Bonchev–Trinajstić information content (AvgIpc) is 2.07. The number of anilines is 1. The minimum absolute atomic E-state index is 0.260. The lowest BCUT2D eigenvalue weighted by Gasteiger charge is -2.17. The highest BCUT2D eigenvalue weighted by molar-refractivity contribution is 7.90. The van der Waals surface area contributed by atoms with Crippen LogP contribution in [0.3, 0.4) is 0 Å². The summed E-state index contributed by atoms with van der Waals surface area (Å²) in [6, 6.07) is 3.49. The molecule has 0 fully saturated rings. The molecule has 4 nitrogen and oxygen atoms in total. The molecule has 0 aromatic heterocycles. The van der Waals surface area contributed by atoms with Crippen LogP contribution in [0.5, 0.6) is 0 Å². The summed E-state index contributed by atoms with van der Waals surface area (Å²) >= 11 is 0. The number of aryl methyl sites for hydroxylation is 2. The van der Waals surface area contributed by atoms with Gasteiger partial charge in [0.2, 0.25) is 0 Å². The van der Waals surface area contributed by atoms with Crippen LogP contribution in [0.1, 0.15) is 18.1 Å². The molecule has 0 amide bonds. The number of fused-ring (bicyclic) bond motifs is 1. The lowest BCUT2D eigenvalue weighted by atomic mass is 10.1. The Bertz CT molecular complexity index is 559. The Kier molecular flexibility index (Phi) is 2.08. The summed E-state index contributed by atoms with van der Waals surface area (Å²) in [6.07, 6.45) is 0. The minimum Gasteiger partial charge on any atom is -0.342 e. The average molecular weight is 224 g/mol. The quantitative estimate of drug-likeness (QED) is 0.731. The number of hydrogen-bond acceptors (Lipinski definition) is 3. The molecule has 0 saturated heterocycles. The first-order chi connectivity index (χ1) is 6.90. The summed E-state index contributed by atoms with van der Waals surface area (Å²) in [5, 5.41) is 2.95. The Hall–Kier alpha value is -1.36. The van der Waals surface area contributed by atoms with E-state index in [9.17, 15) is 8.42 Å². The van der Waals surface area contributed by atoms with E-state index in [1.54, 1.807) is 13.0 Å². The van der Waals surface area contributed by atoms with Crippen molar-refractivity contribution in [3.8, 4) is 0 Å². The van der Waals surface area contributed by atoms with Gasteiger partial charge in [0.15, 0.2) is 0 Å². The van der Waals surface area contributed by atoms with Gasteiger partial charge in [-0.3, -0.25) is 0 Å². The molecule has 5 heteroatoms. The molecule has 1 aliphatic heterocycles. The molecular weight excluding hydrogens is 212 g/mol. The lowest BCUT2D eigenvalue weighted by molar-refractivity contribution is 0.597. The maximum atomic E-state index is 11.7. The molecular formula is C10H12N2O2S. The molecule has 0 aliphatic carbocycles. The van der Waals surface area contributed by atoms with Crippen LogP contribution in [0.2, 0.25) is 0 Å². The number of rotatable bonds is 0. The zero-order chi connectivity index (χ0) is 11.2. The van der Waals surface area contributed by atoms with Crippen molar-refractivity contribution in [2.75, 3.05) is 5.32 Å². The van der Waals surface area contributed by atoms with Gasteiger partial charge in [0.05, 0.1) is 5.69 Å². The summed E-state index contributed by atoms with van der Waals surface area (Å²) in [6.45, 7) is 5.47. The molecule has 0 saturated carbocycles. The Balaban J connectivity index is 2.75. The molecule has 0 atom stereocenters. The van der Waals surface area contributed by atoms with Crippen molar-refractivity contribution in [2.45, 2.75) is 25.7 Å². The van der Waals surface area contributed by atoms with Crippen LogP contribution in [0.4, 0.5) is 5.69 Å². The van der Waals surface area contributed by atoms with Gasteiger partial charge in [-0.1, -0.05) is 0 Å². The van der Waals surface area contributed by atoms with Crippen LogP contribution in [0.15, 0.2) is 21.4 Å². The van der Waals surface area contributed by atoms with Gasteiger partial charge < -0.3 is 5.32 Å². The topological polar surface area (TPSA) is 58.5 Å². The molecule has 0 radical (unpaired) electrons. The van der Waals surface area contributed by atoms with Gasteiger partial charge >= 0.3 is 0 Å². The van der Waals surface area contributed by atoms with E-state index in [1.807, 2.05) is 19.9 Å². The number of hydrogen-bond donors (Lipinski definition) is 1. The standard InChI is InChI=1S/C10H12N2O2S/c1-6-4-9-10(5-7(6)2)15(13,14)12-8(3)11-9/h4-5H,1-3H3,(H,11,12). The van der Waals surface area contributed by atoms with Crippen molar-refractivity contribution in [3.05, 3.63) is 23.3 Å². The third-order valence-corrected chi connectivity index (χ3v) is 3.85. The minimum atomic E-state index is -3.51. The summed E-state index contributed by atoms with van der Waals surface area (Å²) in [7, 11) is -3.51. The first-order valence-electron chi connectivity index (χ1n) is 4.60. The fourth-order valence-corrected chi connectivity index (χ4v) is 2.77. The maximum absolute atomic E-state index is 11.7. The number of sulfonamides is 1. The molecule has 2 rings (SSSR count). The Morgan fingerprint density at radius 1 is 1.13 bits per heavy atom. The second-order valence-corrected chi connectivity index (χ2v) is 5.28. The molecule has 0 bridgehead atoms. The van der Waals surface area contributed by atoms with Crippen LogP contribution in [-0.4, -0.2) is 14.3 Å². The predicted molar refractivity (Wildman–Crippen MR) is 59.8 cm³/mol. The fraction of sp³-hybridized carbons (Fsp3) is 0.300. The molecule has 0 spiro atoms. The lowest BCUT2D eigenvalue weighted by Crippen LogP contribution is -2.18. The van der Waals surface area contributed by atoms with Crippen molar-refractivity contribution < 1.29 is 8.42 Å². The smallest absolute Gasteiger partial charge is 0.286 e. The molecule has 1 N–H and O–H groups in total. The van der Waals surface area contributed by atoms with Gasteiger partial charge in [-0.2, -0.15) is 8.42 Å². The van der Waals surface area contributed by atoms with E-state index in [0.29, 0.717) is 11.5 Å². The van der Waals surface area contributed by atoms with Crippen molar-refractivity contribution in [2.24, 2.45) is 4.40 Å². The van der Waals surface area contributed by atoms with Crippen molar-refractivity contribution in [3.63, 3.8) is 0 Å². The van der Waals surface area contributed by atoms with Gasteiger partial charge in [0.25, 0.3) is 10.0 Å². The van der Waals surface area contributed by atoms with Crippen molar-refractivity contribution >= 4 is 21.5 Å². The van der Waals surface area contributed by atoms with Crippen LogP contribution in [0, 0.1) is 13.8 Å². The largest absolute Gasteiger partial charge is 0.342 e. The van der Waals surface area contributed by atoms with E-state index in [2.05, 4.69) is 9.71 Å². The van der Waals surface area contributed by atoms with E-state index >= 15 is 0 Å². The highest BCUT2D eigenvalue weighted by Gasteiger charge is 2.23. The summed E-state index contributed by atoms with van der Waals surface area (Å²) < 4.78 is 27.0. The SMILES string of the molecule is CC1=NS(=O)(=O)c2cc(C)c(C)cc2N1. The van der Waals surface area contributed by atoms with Gasteiger partial charge in [0, 0.05) is 0 Å². The monoisotopic (exact) mass is 224 g/mol. The van der Waals surface area contributed by atoms with Crippen molar-refractivity contribution in [1.82, 2.24) is 0 Å². The Morgan fingerprint density at radius 3 is 2.40 bits per heavy atom. The predicted octanol–water partition coefficient (Wildman–Crippen LogP) is 1.84. The van der Waals surface area contributed by atoms with Gasteiger partial charge in [-0.25, -0.2) is 0 Å². The molecule has 80 valence electrons. The maximum Gasteiger partial charge on any atom is 0.286 e. The third-order valence-electron chi connectivity index (χ3n) is 2.45. The molecule has 1 aliphatic rings. The zero-order valence-electron chi connectivity index (χ0n) is 8.83. The summed E-state index contributed by atoms with van der Waals surface area (Å²) in [5.74, 6) is 0.408. The molecule has 1 heterocycles. The normalized spacial score (nSPS) is 17.7. The molecule has 1 aromatic carbocycles. The third kappa shape index (κ3) is 1.63. The molecule has 15 heavy (non-hydrogen) atoms. The van der Waals surface area contributed by atoms with Crippen molar-refractivity contribution in [1.29, 1.82) is 0 Å². The Morgan fingerprint density at radius 2 is 1.73 bits per heavy atom. The number of nitrogens with one attached hydrogen (secondary N) is 1. The highest BCUT2D eigenvalue weighted by Crippen LogP contribution is 2.29.